The molecule has 0 aromatic carbocycles. The van der Waals surface area contributed by atoms with Gasteiger partial charge >= 0.3 is 0 Å². The molecule has 140 valence electrons. The third kappa shape index (κ3) is 2.67. The lowest BCUT2D eigenvalue weighted by atomic mass is 9.84. The van der Waals surface area contributed by atoms with Gasteiger partial charge in [-0.2, -0.15) is 5.26 Å². The maximum absolute atomic E-state index is 9.02. The van der Waals surface area contributed by atoms with Crippen LogP contribution in [0.1, 0.15) is 38.1 Å². The number of imidazole rings is 1. The molecule has 0 unspecified atom stereocenters. The van der Waals surface area contributed by atoms with E-state index in [-0.39, 0.29) is 5.95 Å². The molecule has 4 aromatic rings. The van der Waals surface area contributed by atoms with E-state index in [1.54, 1.807) is 12.4 Å². The number of anilines is 1. The third-order valence-corrected chi connectivity index (χ3v) is 5.70. The number of hydrogen-bond donors (Lipinski definition) is 2. The number of fused-ring (bicyclic) bond motifs is 3. The summed E-state index contributed by atoms with van der Waals surface area (Å²) in [6.45, 7) is 0. The van der Waals surface area contributed by atoms with Crippen LogP contribution in [-0.2, 0) is 0 Å². The second kappa shape index (κ2) is 6.60. The van der Waals surface area contributed by atoms with Crippen molar-refractivity contribution in [2.24, 2.45) is 5.92 Å². The Labute approximate surface area is 161 Å². The molecule has 3 N–H and O–H groups in total. The number of rotatable bonds is 3. The smallest absolute Gasteiger partial charge is 0.220 e. The molecule has 0 aliphatic heterocycles. The molecule has 5 rings (SSSR count). The molecule has 0 amide bonds. The number of nitrogens with one attached hydrogen (secondary N) is 1. The van der Waals surface area contributed by atoms with Gasteiger partial charge in [0, 0.05) is 30.2 Å². The first-order valence-electron chi connectivity index (χ1n) is 9.54. The fourth-order valence-corrected chi connectivity index (χ4v) is 4.36. The van der Waals surface area contributed by atoms with Crippen LogP contribution >= 0.6 is 0 Å². The van der Waals surface area contributed by atoms with Gasteiger partial charge < -0.3 is 15.3 Å². The number of nitriles is 1. The summed E-state index contributed by atoms with van der Waals surface area (Å²) >= 11 is 0. The van der Waals surface area contributed by atoms with E-state index in [4.69, 9.17) is 16.0 Å². The summed E-state index contributed by atoms with van der Waals surface area (Å²) in [7, 11) is 0. The van der Waals surface area contributed by atoms with Crippen LogP contribution in [-0.4, -0.2) is 29.5 Å². The average Bonchev–Trinajstić information content (AvgIpc) is 3.33. The summed E-state index contributed by atoms with van der Waals surface area (Å²) < 4.78 is 2.30. The van der Waals surface area contributed by atoms with Crippen LogP contribution < -0.4 is 5.73 Å². The van der Waals surface area contributed by atoms with Crippen LogP contribution in [0, 0.1) is 17.2 Å². The standard InChI is InChI=1S/C20H20N8/c21-8-5-12-1-3-13(4-2-12)28-17-14-6-9-23-18(14)25-11-16(17)26-19(28)15-7-10-24-20(22)27-15/h6-7,9-13H,1-5H2,(H,23,25)(H2,22,24,27)/t12-,13-. The molecule has 0 spiro atoms. The summed E-state index contributed by atoms with van der Waals surface area (Å²) in [5.41, 5.74) is 9.32. The molecule has 8 heteroatoms. The Hall–Kier alpha value is -3.47. The Morgan fingerprint density at radius 3 is 2.82 bits per heavy atom. The molecule has 4 heterocycles. The molecule has 0 radical (unpaired) electrons. The molecular weight excluding hydrogens is 352 g/mol. The highest BCUT2D eigenvalue weighted by molar-refractivity contribution is 6.02. The topological polar surface area (TPSA) is 122 Å². The predicted molar refractivity (Wildman–Crippen MR) is 106 cm³/mol. The highest BCUT2D eigenvalue weighted by atomic mass is 15.1. The maximum atomic E-state index is 9.02. The first-order chi connectivity index (χ1) is 13.7. The van der Waals surface area contributed by atoms with Gasteiger partial charge in [0.15, 0.2) is 5.82 Å². The lowest BCUT2D eigenvalue weighted by molar-refractivity contribution is 0.283. The summed E-state index contributed by atoms with van der Waals surface area (Å²) in [5.74, 6) is 1.52. The Bertz CT molecular complexity index is 1190. The van der Waals surface area contributed by atoms with E-state index < -0.39 is 0 Å². The first kappa shape index (κ1) is 16.7. The van der Waals surface area contributed by atoms with Crippen molar-refractivity contribution in [2.45, 2.75) is 38.1 Å². The second-order valence-corrected chi connectivity index (χ2v) is 7.37. The van der Waals surface area contributed by atoms with Crippen molar-refractivity contribution in [3.05, 3.63) is 30.7 Å². The molecule has 1 saturated carbocycles. The molecule has 0 atom stereocenters. The molecule has 8 nitrogen and oxygen atoms in total. The number of aromatic amines is 1. The maximum Gasteiger partial charge on any atom is 0.220 e. The summed E-state index contributed by atoms with van der Waals surface area (Å²) in [6.07, 6.45) is 10.1. The van der Waals surface area contributed by atoms with Gasteiger partial charge in [-0.05, 0) is 43.7 Å². The summed E-state index contributed by atoms with van der Waals surface area (Å²) in [4.78, 5) is 21.0. The largest absolute Gasteiger partial charge is 0.368 e. The minimum absolute atomic E-state index is 0.235. The van der Waals surface area contributed by atoms with Gasteiger partial charge in [0.25, 0.3) is 0 Å². The zero-order valence-electron chi connectivity index (χ0n) is 15.3. The average molecular weight is 372 g/mol. The van der Waals surface area contributed by atoms with Gasteiger partial charge in [0.1, 0.15) is 16.9 Å². The molecular formula is C20H20N8. The van der Waals surface area contributed by atoms with E-state index >= 15 is 0 Å². The molecule has 0 saturated heterocycles. The van der Waals surface area contributed by atoms with Gasteiger partial charge in [-0.1, -0.05) is 0 Å². The van der Waals surface area contributed by atoms with Gasteiger partial charge in [-0.25, -0.2) is 19.9 Å². The van der Waals surface area contributed by atoms with Crippen LogP contribution in [0.2, 0.25) is 0 Å². The Balaban J connectivity index is 1.69. The van der Waals surface area contributed by atoms with E-state index in [9.17, 15) is 0 Å². The van der Waals surface area contributed by atoms with E-state index in [1.165, 1.54) is 0 Å². The Kier molecular flexibility index (Phi) is 3.93. The fraction of sp³-hybridized carbons (Fsp3) is 0.350. The van der Waals surface area contributed by atoms with Gasteiger partial charge in [0.2, 0.25) is 5.95 Å². The van der Waals surface area contributed by atoms with Gasteiger partial charge in [-0.15, -0.1) is 0 Å². The first-order valence-corrected chi connectivity index (χ1v) is 9.54. The number of nitrogens with zero attached hydrogens (tertiary/aromatic N) is 6. The van der Waals surface area contributed by atoms with E-state index in [0.717, 1.165) is 53.6 Å². The monoisotopic (exact) mass is 372 g/mol. The summed E-state index contributed by atoms with van der Waals surface area (Å²) in [6, 6.07) is 6.50. The van der Waals surface area contributed by atoms with Crippen molar-refractivity contribution in [3.8, 4) is 17.6 Å². The lowest BCUT2D eigenvalue weighted by Gasteiger charge is -2.29. The molecule has 28 heavy (non-hydrogen) atoms. The molecule has 0 bridgehead atoms. The van der Waals surface area contributed by atoms with Crippen molar-refractivity contribution in [2.75, 3.05) is 5.73 Å². The number of pyridine rings is 1. The van der Waals surface area contributed by atoms with Crippen molar-refractivity contribution < 1.29 is 0 Å². The van der Waals surface area contributed by atoms with Crippen molar-refractivity contribution in [1.82, 2.24) is 29.5 Å². The minimum atomic E-state index is 0.235. The Morgan fingerprint density at radius 2 is 2.04 bits per heavy atom. The molecule has 4 aromatic heterocycles. The lowest BCUT2D eigenvalue weighted by Crippen LogP contribution is -2.19. The van der Waals surface area contributed by atoms with Gasteiger partial charge in [-0.3, -0.25) is 0 Å². The SMILES string of the molecule is N#CC[C@H]1CC[C@H](n2c(-c3ccnc(N)n3)nc3cnc4[nH]ccc4c32)CC1. The molecule has 1 aliphatic rings. The number of H-pyrrole nitrogens is 1. The number of nitrogens with two attached hydrogens (primary N) is 1. The number of hydrogen-bond acceptors (Lipinski definition) is 6. The zero-order valence-corrected chi connectivity index (χ0v) is 15.3. The van der Waals surface area contributed by atoms with Crippen molar-refractivity contribution in [3.63, 3.8) is 0 Å². The van der Waals surface area contributed by atoms with Crippen molar-refractivity contribution >= 4 is 28.0 Å². The van der Waals surface area contributed by atoms with Crippen LogP contribution in [0.15, 0.2) is 30.7 Å². The van der Waals surface area contributed by atoms with E-state index in [1.807, 2.05) is 18.3 Å². The van der Waals surface area contributed by atoms with Crippen LogP contribution in [0.5, 0.6) is 0 Å². The zero-order chi connectivity index (χ0) is 19.1. The predicted octanol–water partition coefficient (Wildman–Crippen LogP) is 3.60. The highest BCUT2D eigenvalue weighted by Gasteiger charge is 2.27. The minimum Gasteiger partial charge on any atom is -0.368 e. The Morgan fingerprint density at radius 1 is 1.18 bits per heavy atom. The number of nitrogen functional groups attached to an aromatic ring is 1. The third-order valence-electron chi connectivity index (χ3n) is 5.70. The van der Waals surface area contributed by atoms with Gasteiger partial charge in [0.05, 0.1) is 17.8 Å². The van der Waals surface area contributed by atoms with Crippen LogP contribution in [0.3, 0.4) is 0 Å². The molecule has 1 fully saturated rings. The highest BCUT2D eigenvalue weighted by Crippen LogP contribution is 2.39. The second-order valence-electron chi connectivity index (χ2n) is 7.37. The van der Waals surface area contributed by atoms with Crippen LogP contribution in [0.4, 0.5) is 5.95 Å². The number of aromatic nitrogens is 6. The summed E-state index contributed by atoms with van der Waals surface area (Å²) in [5, 5.41) is 10.1. The normalized spacial score (nSPS) is 19.8. The van der Waals surface area contributed by atoms with Crippen molar-refractivity contribution in [1.29, 1.82) is 5.26 Å². The fourth-order valence-electron chi connectivity index (χ4n) is 4.36. The van der Waals surface area contributed by atoms with E-state index in [0.29, 0.717) is 24.1 Å². The molecule has 1 aliphatic carbocycles. The van der Waals surface area contributed by atoms with Crippen LogP contribution in [0.25, 0.3) is 33.6 Å². The van der Waals surface area contributed by atoms with E-state index in [2.05, 4.69) is 30.6 Å². The quantitative estimate of drug-likeness (QED) is 0.566.